The maximum Gasteiger partial charge on any atom is 0.416 e. The first-order chi connectivity index (χ1) is 14.5. The predicted molar refractivity (Wildman–Crippen MR) is 117 cm³/mol. The first-order valence-corrected chi connectivity index (χ1v) is 11.7. The van der Waals surface area contributed by atoms with E-state index >= 15 is 0 Å². The normalized spacial score (nSPS) is 15.1. The number of rotatable bonds is 4. The van der Waals surface area contributed by atoms with E-state index in [1.165, 1.54) is 29.5 Å². The molecule has 0 saturated heterocycles. The third-order valence-electron chi connectivity index (χ3n) is 4.43. The van der Waals surface area contributed by atoms with Crippen molar-refractivity contribution in [2.24, 2.45) is 0 Å². The Morgan fingerprint density at radius 2 is 1.74 bits per heavy atom. The molecule has 0 bridgehead atoms. The van der Waals surface area contributed by atoms with Gasteiger partial charge in [0.1, 0.15) is 0 Å². The van der Waals surface area contributed by atoms with Gasteiger partial charge in [0.2, 0.25) is 0 Å². The van der Waals surface area contributed by atoms with Gasteiger partial charge in [0.15, 0.2) is 0 Å². The van der Waals surface area contributed by atoms with Crippen LogP contribution in [-0.4, -0.2) is 14.3 Å². The quantitative estimate of drug-likeness (QED) is 0.418. The summed E-state index contributed by atoms with van der Waals surface area (Å²) in [4.78, 5) is 13.0. The number of nitrogens with one attached hydrogen (secondary N) is 2. The number of alkyl halides is 3. The SMILES string of the molecule is O=C1Nc2ccc(S(=O)(=O)Nc3ccc(C(F)(F)F)cc3)cc2C1=Cc1ccc(Br)s1. The molecule has 0 fully saturated rings. The van der Waals surface area contributed by atoms with Crippen molar-refractivity contribution in [2.75, 3.05) is 10.0 Å². The third-order valence-corrected chi connectivity index (χ3v) is 7.38. The van der Waals surface area contributed by atoms with Gasteiger partial charge in [-0.3, -0.25) is 9.52 Å². The predicted octanol–water partition coefficient (Wildman–Crippen LogP) is 5.82. The molecule has 2 aromatic carbocycles. The number of amides is 1. The topological polar surface area (TPSA) is 75.3 Å². The lowest BCUT2D eigenvalue weighted by atomic mass is 10.1. The van der Waals surface area contributed by atoms with Gasteiger partial charge in [-0.05, 0) is 76.6 Å². The summed E-state index contributed by atoms with van der Waals surface area (Å²) >= 11 is 4.77. The Balaban J connectivity index is 1.65. The molecule has 1 aliphatic heterocycles. The Bertz CT molecular complexity index is 1310. The Labute approximate surface area is 187 Å². The van der Waals surface area contributed by atoms with Gasteiger partial charge in [-0.15, -0.1) is 11.3 Å². The van der Waals surface area contributed by atoms with E-state index in [0.717, 1.165) is 32.9 Å². The molecular weight excluding hydrogens is 517 g/mol. The smallest absolute Gasteiger partial charge is 0.321 e. The lowest BCUT2D eigenvalue weighted by molar-refractivity contribution is -0.137. The molecular formula is C20H12BrF3N2O3S2. The van der Waals surface area contributed by atoms with E-state index in [2.05, 4.69) is 26.0 Å². The summed E-state index contributed by atoms with van der Waals surface area (Å²) in [5.41, 5.74) is 0.315. The number of carbonyl (C=O) groups excluding carboxylic acids is 1. The molecule has 11 heteroatoms. The van der Waals surface area contributed by atoms with Crippen LogP contribution in [0.2, 0.25) is 0 Å². The zero-order chi connectivity index (χ0) is 22.4. The third kappa shape index (κ3) is 4.53. The van der Waals surface area contributed by atoms with Crippen molar-refractivity contribution in [1.29, 1.82) is 0 Å². The van der Waals surface area contributed by atoms with E-state index in [-0.39, 0.29) is 16.5 Å². The van der Waals surface area contributed by atoms with Crippen molar-refractivity contribution < 1.29 is 26.4 Å². The number of benzene rings is 2. The second-order valence-corrected chi connectivity index (χ2v) is 10.7. The van der Waals surface area contributed by atoms with Gasteiger partial charge >= 0.3 is 6.18 Å². The van der Waals surface area contributed by atoms with Crippen LogP contribution >= 0.6 is 27.3 Å². The number of sulfonamides is 1. The molecule has 0 atom stereocenters. The molecule has 0 saturated carbocycles. The molecule has 1 aliphatic rings. The van der Waals surface area contributed by atoms with Crippen LogP contribution in [0.5, 0.6) is 0 Å². The number of halogens is 4. The summed E-state index contributed by atoms with van der Waals surface area (Å²) < 4.78 is 66.8. The van der Waals surface area contributed by atoms with Crippen LogP contribution < -0.4 is 10.0 Å². The van der Waals surface area contributed by atoms with E-state index in [1.807, 2.05) is 12.1 Å². The lowest BCUT2D eigenvalue weighted by Crippen LogP contribution is -2.13. The first-order valence-electron chi connectivity index (χ1n) is 8.66. The molecule has 31 heavy (non-hydrogen) atoms. The highest BCUT2D eigenvalue weighted by atomic mass is 79.9. The molecule has 2 heterocycles. The fraction of sp³-hybridized carbons (Fsp3) is 0.0500. The van der Waals surface area contributed by atoms with Crippen molar-refractivity contribution in [1.82, 2.24) is 0 Å². The molecule has 160 valence electrons. The second kappa shape index (κ2) is 7.81. The first kappa shape index (κ1) is 21.6. The number of hydrogen-bond donors (Lipinski definition) is 2. The standard InChI is InChI=1S/C20H12BrF3N2O3S2/c21-18-8-5-13(30-18)9-16-15-10-14(6-7-17(15)25-19(16)27)31(28,29)26-12-3-1-11(2-4-12)20(22,23)24/h1-10,26H,(H,25,27). The van der Waals surface area contributed by atoms with E-state index in [4.69, 9.17) is 0 Å². The van der Waals surface area contributed by atoms with Crippen molar-refractivity contribution in [3.8, 4) is 0 Å². The van der Waals surface area contributed by atoms with Crippen LogP contribution in [-0.2, 0) is 21.0 Å². The molecule has 0 unspecified atom stereocenters. The van der Waals surface area contributed by atoms with E-state index in [1.54, 1.807) is 6.08 Å². The Kier molecular flexibility index (Phi) is 5.44. The number of hydrogen-bond acceptors (Lipinski definition) is 4. The highest BCUT2D eigenvalue weighted by Crippen LogP contribution is 2.37. The summed E-state index contributed by atoms with van der Waals surface area (Å²) in [6, 6.07) is 11.5. The summed E-state index contributed by atoms with van der Waals surface area (Å²) in [7, 11) is -4.10. The number of carbonyl (C=O) groups is 1. The van der Waals surface area contributed by atoms with Gasteiger partial charge in [-0.1, -0.05) is 0 Å². The van der Waals surface area contributed by atoms with Crippen molar-refractivity contribution in [3.05, 3.63) is 74.4 Å². The fourth-order valence-electron chi connectivity index (χ4n) is 2.97. The van der Waals surface area contributed by atoms with Crippen LogP contribution in [0.4, 0.5) is 24.5 Å². The Hall–Kier alpha value is -2.63. The molecule has 4 rings (SSSR count). The minimum Gasteiger partial charge on any atom is -0.321 e. The maximum absolute atomic E-state index is 12.8. The largest absolute Gasteiger partial charge is 0.416 e. The zero-order valence-corrected chi connectivity index (χ0v) is 18.5. The second-order valence-electron chi connectivity index (χ2n) is 6.54. The molecule has 1 aromatic heterocycles. The van der Waals surface area contributed by atoms with Crippen LogP contribution in [0.3, 0.4) is 0 Å². The average molecular weight is 529 g/mol. The maximum atomic E-state index is 12.8. The summed E-state index contributed by atoms with van der Waals surface area (Å²) in [5.74, 6) is -0.357. The average Bonchev–Trinajstić information content (AvgIpc) is 3.24. The molecule has 0 spiro atoms. The van der Waals surface area contributed by atoms with Crippen molar-refractivity contribution >= 4 is 66.2 Å². The minimum atomic E-state index is -4.52. The molecule has 0 radical (unpaired) electrons. The molecule has 5 nitrogen and oxygen atoms in total. The van der Waals surface area contributed by atoms with Gasteiger partial charge < -0.3 is 5.32 Å². The lowest BCUT2D eigenvalue weighted by Gasteiger charge is -2.11. The number of fused-ring (bicyclic) bond motifs is 1. The fourth-order valence-corrected chi connectivity index (χ4v) is 5.42. The van der Waals surface area contributed by atoms with Gasteiger partial charge in [-0.25, -0.2) is 8.42 Å². The highest BCUT2D eigenvalue weighted by molar-refractivity contribution is 9.11. The van der Waals surface area contributed by atoms with Crippen molar-refractivity contribution in [2.45, 2.75) is 11.1 Å². The van der Waals surface area contributed by atoms with Crippen LogP contribution in [0.25, 0.3) is 11.6 Å². The molecule has 2 N–H and O–H groups in total. The van der Waals surface area contributed by atoms with Crippen LogP contribution in [0.15, 0.2) is 63.3 Å². The monoisotopic (exact) mass is 528 g/mol. The van der Waals surface area contributed by atoms with Crippen molar-refractivity contribution in [3.63, 3.8) is 0 Å². The van der Waals surface area contributed by atoms with Gasteiger partial charge in [0, 0.05) is 21.8 Å². The Morgan fingerprint density at radius 1 is 1.03 bits per heavy atom. The minimum absolute atomic E-state index is 0.0121. The molecule has 1 amide bonds. The zero-order valence-electron chi connectivity index (χ0n) is 15.3. The van der Waals surface area contributed by atoms with Gasteiger partial charge in [0.25, 0.3) is 15.9 Å². The van der Waals surface area contributed by atoms with Gasteiger partial charge in [-0.2, -0.15) is 13.2 Å². The molecule has 3 aromatic rings. The molecule has 0 aliphatic carbocycles. The summed E-state index contributed by atoms with van der Waals surface area (Å²) in [5, 5.41) is 2.69. The highest BCUT2D eigenvalue weighted by Gasteiger charge is 2.30. The van der Waals surface area contributed by atoms with Gasteiger partial charge in [0.05, 0.1) is 19.8 Å². The number of anilines is 2. The summed E-state index contributed by atoms with van der Waals surface area (Å²) in [6.45, 7) is 0. The van der Waals surface area contributed by atoms with E-state index in [9.17, 15) is 26.4 Å². The number of thiophene rings is 1. The van der Waals surface area contributed by atoms with E-state index < -0.39 is 21.8 Å². The van der Waals surface area contributed by atoms with Crippen LogP contribution in [0, 0.1) is 0 Å². The Morgan fingerprint density at radius 3 is 2.35 bits per heavy atom. The summed E-state index contributed by atoms with van der Waals surface area (Å²) in [6.07, 6.45) is -2.85. The van der Waals surface area contributed by atoms with E-state index in [0.29, 0.717) is 16.8 Å². The van der Waals surface area contributed by atoms with Crippen LogP contribution in [0.1, 0.15) is 16.0 Å².